The molecule has 0 atom stereocenters. The minimum Gasteiger partial charge on any atom is -0.308 e. The molecular weight excluding hydrogens is 278 g/mol. The topological polar surface area (TPSA) is 50.4 Å². The van der Waals surface area contributed by atoms with E-state index in [0.717, 1.165) is 15.7 Å². The Kier molecular flexibility index (Phi) is 3.90. The van der Waals surface area contributed by atoms with Gasteiger partial charge in [0, 0.05) is 10.0 Å². The second-order valence-electron chi connectivity index (χ2n) is 3.42. The van der Waals surface area contributed by atoms with Crippen LogP contribution in [0.1, 0.15) is 5.56 Å². The number of hydrogen-bond acceptors (Lipinski definition) is 2. The Hall–Kier alpha value is -1.65. The standard InChI is InChI=1S/C13H12BrN3/c14-12-9-5-4-8-11(12)13(17-15)16-10-6-2-1-3-7-10/h1-9H,15H2,(H,16,17). The highest BCUT2D eigenvalue weighted by Gasteiger charge is 2.05. The van der Waals surface area contributed by atoms with Gasteiger partial charge in [-0.1, -0.05) is 52.3 Å². The smallest absolute Gasteiger partial charge is 0.149 e. The predicted molar refractivity (Wildman–Crippen MR) is 74.1 cm³/mol. The largest absolute Gasteiger partial charge is 0.308 e. The van der Waals surface area contributed by atoms with E-state index in [1.807, 2.05) is 54.6 Å². The number of halogens is 1. The average molecular weight is 290 g/mol. The summed E-state index contributed by atoms with van der Waals surface area (Å²) in [6.07, 6.45) is 0. The molecule has 2 rings (SSSR count). The molecule has 0 bridgehead atoms. The summed E-state index contributed by atoms with van der Waals surface area (Å²) in [6, 6.07) is 17.5. The first-order valence-electron chi connectivity index (χ1n) is 5.16. The van der Waals surface area contributed by atoms with Gasteiger partial charge in [-0.05, 0) is 18.2 Å². The number of nitrogens with one attached hydrogen (secondary N) is 1. The lowest BCUT2D eigenvalue weighted by Gasteiger charge is -2.07. The van der Waals surface area contributed by atoms with Crippen molar-refractivity contribution in [3.63, 3.8) is 0 Å². The van der Waals surface area contributed by atoms with Crippen molar-refractivity contribution in [2.24, 2.45) is 10.8 Å². The van der Waals surface area contributed by atoms with E-state index in [2.05, 4.69) is 26.3 Å². The van der Waals surface area contributed by atoms with Crippen molar-refractivity contribution >= 4 is 27.5 Å². The average Bonchev–Trinajstić information content (AvgIpc) is 2.38. The second kappa shape index (κ2) is 5.61. The molecule has 86 valence electrons. The van der Waals surface area contributed by atoms with Crippen LogP contribution in [0.3, 0.4) is 0 Å². The van der Waals surface area contributed by atoms with Crippen LogP contribution in [0.5, 0.6) is 0 Å². The Morgan fingerprint density at radius 2 is 1.65 bits per heavy atom. The molecule has 0 amide bonds. The van der Waals surface area contributed by atoms with Gasteiger partial charge in [0.1, 0.15) is 5.84 Å². The second-order valence-corrected chi connectivity index (χ2v) is 4.27. The van der Waals surface area contributed by atoms with Crippen LogP contribution in [-0.4, -0.2) is 5.84 Å². The number of hydrogen-bond donors (Lipinski definition) is 2. The summed E-state index contributed by atoms with van der Waals surface area (Å²) in [7, 11) is 0. The van der Waals surface area contributed by atoms with E-state index in [1.165, 1.54) is 0 Å². The Balaban J connectivity index is 2.41. The van der Waals surface area contributed by atoms with Gasteiger partial charge in [-0.25, -0.2) is 10.8 Å². The van der Waals surface area contributed by atoms with Crippen LogP contribution in [0.15, 0.2) is 64.1 Å². The van der Waals surface area contributed by atoms with Crippen molar-refractivity contribution in [1.29, 1.82) is 0 Å². The molecule has 0 fully saturated rings. The number of benzene rings is 2. The molecular formula is C13H12BrN3. The fraction of sp³-hybridized carbons (Fsp3) is 0. The number of hydrazine groups is 1. The first-order chi connectivity index (χ1) is 8.31. The van der Waals surface area contributed by atoms with Gasteiger partial charge in [-0.3, -0.25) is 0 Å². The monoisotopic (exact) mass is 289 g/mol. The van der Waals surface area contributed by atoms with Gasteiger partial charge in [0.25, 0.3) is 0 Å². The molecule has 0 radical (unpaired) electrons. The van der Waals surface area contributed by atoms with Gasteiger partial charge < -0.3 is 5.43 Å². The number of nitrogens with zero attached hydrogens (tertiary/aromatic N) is 1. The lowest BCUT2D eigenvalue weighted by Crippen LogP contribution is -2.31. The highest BCUT2D eigenvalue weighted by Crippen LogP contribution is 2.18. The molecule has 0 aliphatic rings. The molecule has 0 unspecified atom stereocenters. The van der Waals surface area contributed by atoms with Crippen LogP contribution in [0.25, 0.3) is 0 Å². The number of amidine groups is 1. The Bertz CT molecular complexity index is 523. The maximum atomic E-state index is 5.52. The van der Waals surface area contributed by atoms with E-state index < -0.39 is 0 Å². The molecule has 17 heavy (non-hydrogen) atoms. The Morgan fingerprint density at radius 3 is 2.29 bits per heavy atom. The number of para-hydroxylation sites is 1. The van der Waals surface area contributed by atoms with Crippen molar-refractivity contribution < 1.29 is 0 Å². The highest BCUT2D eigenvalue weighted by molar-refractivity contribution is 9.10. The first-order valence-corrected chi connectivity index (χ1v) is 5.96. The molecule has 0 saturated heterocycles. The van der Waals surface area contributed by atoms with Gasteiger partial charge in [-0.2, -0.15) is 0 Å². The highest BCUT2D eigenvalue weighted by atomic mass is 79.9. The maximum Gasteiger partial charge on any atom is 0.149 e. The summed E-state index contributed by atoms with van der Waals surface area (Å²) in [6.45, 7) is 0. The fourth-order valence-electron chi connectivity index (χ4n) is 1.46. The fourth-order valence-corrected chi connectivity index (χ4v) is 1.93. The molecule has 3 N–H and O–H groups in total. The van der Waals surface area contributed by atoms with Crippen molar-refractivity contribution in [3.05, 3.63) is 64.6 Å². The van der Waals surface area contributed by atoms with E-state index in [9.17, 15) is 0 Å². The quantitative estimate of drug-likeness (QED) is 0.386. The van der Waals surface area contributed by atoms with Crippen LogP contribution < -0.4 is 11.3 Å². The summed E-state index contributed by atoms with van der Waals surface area (Å²) < 4.78 is 0.952. The third-order valence-electron chi connectivity index (χ3n) is 2.26. The minimum atomic E-state index is 0.628. The lowest BCUT2D eigenvalue weighted by atomic mass is 10.2. The van der Waals surface area contributed by atoms with Crippen molar-refractivity contribution in [2.75, 3.05) is 0 Å². The van der Waals surface area contributed by atoms with E-state index in [4.69, 9.17) is 5.84 Å². The first kappa shape index (κ1) is 11.8. The third-order valence-corrected chi connectivity index (χ3v) is 2.95. The summed E-state index contributed by atoms with van der Waals surface area (Å²) in [5.74, 6) is 6.15. The van der Waals surface area contributed by atoms with Crippen LogP contribution in [-0.2, 0) is 0 Å². The van der Waals surface area contributed by atoms with Crippen LogP contribution in [0.4, 0.5) is 5.69 Å². The van der Waals surface area contributed by atoms with Gasteiger partial charge in [0.2, 0.25) is 0 Å². The molecule has 2 aromatic rings. The van der Waals surface area contributed by atoms with Gasteiger partial charge in [-0.15, -0.1) is 0 Å². The van der Waals surface area contributed by atoms with Crippen molar-refractivity contribution in [3.8, 4) is 0 Å². The summed E-state index contributed by atoms with van der Waals surface area (Å²) >= 11 is 3.47. The zero-order chi connectivity index (χ0) is 12.1. The van der Waals surface area contributed by atoms with E-state index in [1.54, 1.807) is 0 Å². The van der Waals surface area contributed by atoms with Crippen molar-refractivity contribution in [2.45, 2.75) is 0 Å². The zero-order valence-corrected chi connectivity index (χ0v) is 10.7. The third kappa shape index (κ3) is 2.93. The van der Waals surface area contributed by atoms with Crippen LogP contribution >= 0.6 is 15.9 Å². The van der Waals surface area contributed by atoms with Gasteiger partial charge in [0.05, 0.1) is 5.69 Å². The normalized spacial score (nSPS) is 11.3. The predicted octanol–water partition coefficient (Wildman–Crippen LogP) is 2.99. The van der Waals surface area contributed by atoms with Crippen LogP contribution in [0.2, 0.25) is 0 Å². The van der Waals surface area contributed by atoms with Gasteiger partial charge >= 0.3 is 0 Å². The minimum absolute atomic E-state index is 0.628. The summed E-state index contributed by atoms with van der Waals surface area (Å²) in [5.41, 5.74) is 4.41. The van der Waals surface area contributed by atoms with Crippen LogP contribution in [0, 0.1) is 0 Å². The molecule has 0 aliphatic carbocycles. The number of nitrogens with two attached hydrogens (primary N) is 1. The molecule has 2 aromatic carbocycles. The zero-order valence-electron chi connectivity index (χ0n) is 9.10. The molecule has 0 aliphatic heterocycles. The SMILES string of the molecule is NNC(=Nc1ccccc1)c1ccccc1Br. The molecule has 0 spiro atoms. The molecule has 0 heterocycles. The van der Waals surface area contributed by atoms with E-state index >= 15 is 0 Å². The van der Waals surface area contributed by atoms with E-state index in [0.29, 0.717) is 5.84 Å². The molecule has 3 nitrogen and oxygen atoms in total. The summed E-state index contributed by atoms with van der Waals surface area (Å²) in [4.78, 5) is 4.46. The van der Waals surface area contributed by atoms with Gasteiger partial charge in [0.15, 0.2) is 0 Å². The number of aliphatic imine (C=N–C) groups is 1. The Morgan fingerprint density at radius 1 is 1.00 bits per heavy atom. The van der Waals surface area contributed by atoms with E-state index in [-0.39, 0.29) is 0 Å². The maximum absolute atomic E-state index is 5.52. The molecule has 0 saturated carbocycles. The van der Waals surface area contributed by atoms with Crippen molar-refractivity contribution in [1.82, 2.24) is 5.43 Å². The number of rotatable bonds is 2. The molecule has 0 aromatic heterocycles. The lowest BCUT2D eigenvalue weighted by molar-refractivity contribution is 1.02. The Labute approximate surface area is 108 Å². The summed E-state index contributed by atoms with van der Waals surface area (Å²) in [5, 5.41) is 0. The molecule has 4 heteroatoms.